The molecule has 5 nitrogen and oxygen atoms in total. The maximum atomic E-state index is 12.8. The number of esters is 2. The molecule has 6 heteroatoms. The van der Waals surface area contributed by atoms with Crippen molar-refractivity contribution in [3.05, 3.63) is 54.1 Å². The van der Waals surface area contributed by atoms with E-state index in [1.807, 2.05) is 42.5 Å². The van der Waals surface area contributed by atoms with Gasteiger partial charge in [-0.1, -0.05) is 42.1 Å². The molecule has 1 aliphatic heterocycles. The van der Waals surface area contributed by atoms with Crippen molar-refractivity contribution in [3.63, 3.8) is 0 Å². The van der Waals surface area contributed by atoms with Gasteiger partial charge in [0.1, 0.15) is 17.4 Å². The van der Waals surface area contributed by atoms with E-state index in [0.29, 0.717) is 22.6 Å². The molecule has 0 spiro atoms. The van der Waals surface area contributed by atoms with Crippen molar-refractivity contribution in [1.82, 2.24) is 0 Å². The first kappa shape index (κ1) is 18.4. The molecule has 142 valence electrons. The number of fused-ring (bicyclic) bond motifs is 2. The molecule has 0 fully saturated rings. The van der Waals surface area contributed by atoms with Gasteiger partial charge in [0.15, 0.2) is 0 Å². The van der Waals surface area contributed by atoms with Crippen LogP contribution in [0.4, 0.5) is 0 Å². The third-order valence-electron chi connectivity index (χ3n) is 4.40. The Bertz CT molecular complexity index is 1080. The standard InChI is InChI=1S/C22H18O5S/c1-3-25-22(24)17-10-18(27-13(2)23)15-9-19-20(28-12-26-19)11-16(15)21(17)14-7-5-4-6-8-14/h4-11H,3,12H2,1-2H3. The molecule has 0 amide bonds. The lowest BCUT2D eigenvalue weighted by Gasteiger charge is -2.17. The minimum Gasteiger partial charge on any atom is -0.481 e. The number of hydrogen-bond donors (Lipinski definition) is 0. The van der Waals surface area contributed by atoms with Crippen LogP contribution in [0.5, 0.6) is 11.5 Å². The molecule has 1 heterocycles. The van der Waals surface area contributed by atoms with Crippen LogP contribution in [0.1, 0.15) is 24.2 Å². The van der Waals surface area contributed by atoms with Gasteiger partial charge in [-0.15, -0.1) is 0 Å². The number of carbonyl (C=O) groups excluding carboxylic acids is 2. The highest BCUT2D eigenvalue weighted by Crippen LogP contribution is 2.45. The van der Waals surface area contributed by atoms with Gasteiger partial charge in [0.05, 0.1) is 17.1 Å². The summed E-state index contributed by atoms with van der Waals surface area (Å²) in [5, 5.41) is 1.52. The molecule has 0 aromatic heterocycles. The Balaban J connectivity index is 2.09. The zero-order chi connectivity index (χ0) is 19.7. The zero-order valence-corrected chi connectivity index (χ0v) is 16.3. The first-order chi connectivity index (χ1) is 13.6. The Hall–Kier alpha value is -2.99. The average molecular weight is 394 g/mol. The van der Waals surface area contributed by atoms with E-state index in [9.17, 15) is 9.59 Å². The molecule has 3 aromatic rings. The highest BCUT2D eigenvalue weighted by molar-refractivity contribution is 7.99. The van der Waals surface area contributed by atoms with Gasteiger partial charge in [-0.2, -0.15) is 0 Å². The van der Waals surface area contributed by atoms with Crippen LogP contribution in [0.15, 0.2) is 53.4 Å². The van der Waals surface area contributed by atoms with Gasteiger partial charge in [0.25, 0.3) is 0 Å². The lowest BCUT2D eigenvalue weighted by atomic mass is 9.92. The van der Waals surface area contributed by atoms with E-state index < -0.39 is 11.9 Å². The predicted octanol–water partition coefficient (Wildman–Crippen LogP) is 5.05. The summed E-state index contributed by atoms with van der Waals surface area (Å²) in [6, 6.07) is 15.1. The second kappa shape index (κ2) is 7.56. The number of carbonyl (C=O) groups is 2. The summed E-state index contributed by atoms with van der Waals surface area (Å²) in [6.45, 7) is 3.34. The number of ether oxygens (including phenoxy) is 3. The van der Waals surface area contributed by atoms with E-state index in [2.05, 4.69) is 0 Å². The molecular weight excluding hydrogens is 376 g/mol. The first-order valence-electron chi connectivity index (χ1n) is 8.89. The monoisotopic (exact) mass is 394 g/mol. The van der Waals surface area contributed by atoms with Crippen molar-refractivity contribution in [3.8, 4) is 22.6 Å². The number of hydrogen-bond acceptors (Lipinski definition) is 6. The molecule has 0 radical (unpaired) electrons. The van der Waals surface area contributed by atoms with Crippen LogP contribution < -0.4 is 9.47 Å². The van der Waals surface area contributed by atoms with Gasteiger partial charge < -0.3 is 14.2 Å². The van der Waals surface area contributed by atoms with Crippen LogP contribution in [0.25, 0.3) is 21.9 Å². The summed E-state index contributed by atoms with van der Waals surface area (Å²) in [4.78, 5) is 25.4. The van der Waals surface area contributed by atoms with Crippen molar-refractivity contribution < 1.29 is 23.8 Å². The number of rotatable bonds is 4. The molecule has 0 saturated carbocycles. The molecule has 4 rings (SSSR count). The number of benzene rings is 3. The SMILES string of the molecule is CCOC(=O)c1cc(OC(C)=O)c2cc3c(cc2c1-c1ccccc1)SCO3. The van der Waals surface area contributed by atoms with E-state index in [-0.39, 0.29) is 6.61 Å². The molecular formula is C22H18O5S. The van der Waals surface area contributed by atoms with Crippen LogP contribution in [0.3, 0.4) is 0 Å². The first-order valence-corrected chi connectivity index (χ1v) is 9.88. The molecule has 28 heavy (non-hydrogen) atoms. The Kier molecular flexibility index (Phi) is 4.96. The van der Waals surface area contributed by atoms with E-state index in [4.69, 9.17) is 14.2 Å². The summed E-state index contributed by atoms with van der Waals surface area (Å²) in [5.41, 5.74) is 2.00. The topological polar surface area (TPSA) is 61.8 Å². The molecule has 3 aromatic carbocycles. The molecule has 0 saturated heterocycles. The highest BCUT2D eigenvalue weighted by Gasteiger charge is 2.24. The van der Waals surface area contributed by atoms with Gasteiger partial charge in [0.2, 0.25) is 0 Å². The van der Waals surface area contributed by atoms with Gasteiger partial charge in [-0.3, -0.25) is 4.79 Å². The molecule has 1 aliphatic rings. The second-order valence-electron chi connectivity index (χ2n) is 6.23. The second-order valence-corrected chi connectivity index (χ2v) is 7.19. The van der Waals surface area contributed by atoms with Crippen LogP contribution in [0, 0.1) is 0 Å². The molecule has 0 unspecified atom stereocenters. The summed E-state index contributed by atoms with van der Waals surface area (Å²) in [6.07, 6.45) is 0. The zero-order valence-electron chi connectivity index (χ0n) is 15.5. The normalized spacial score (nSPS) is 12.4. The Labute approximate surface area is 166 Å². The third-order valence-corrected chi connectivity index (χ3v) is 5.27. The van der Waals surface area contributed by atoms with Gasteiger partial charge in [-0.25, -0.2) is 4.79 Å². The van der Waals surface area contributed by atoms with E-state index in [1.54, 1.807) is 24.8 Å². The third kappa shape index (κ3) is 3.31. The molecule has 0 N–H and O–H groups in total. The van der Waals surface area contributed by atoms with Crippen LogP contribution in [0.2, 0.25) is 0 Å². The smallest absolute Gasteiger partial charge is 0.338 e. The van der Waals surface area contributed by atoms with Crippen molar-refractivity contribution >= 4 is 34.5 Å². The summed E-state index contributed by atoms with van der Waals surface area (Å²) in [5.74, 6) is 0.669. The van der Waals surface area contributed by atoms with Crippen LogP contribution in [-0.2, 0) is 9.53 Å². The fourth-order valence-electron chi connectivity index (χ4n) is 3.30. The van der Waals surface area contributed by atoms with E-state index >= 15 is 0 Å². The summed E-state index contributed by atoms with van der Waals surface area (Å²) < 4.78 is 16.4. The maximum absolute atomic E-state index is 12.8. The van der Waals surface area contributed by atoms with Crippen molar-refractivity contribution in [2.24, 2.45) is 0 Å². The largest absolute Gasteiger partial charge is 0.481 e. The fourth-order valence-corrected chi connectivity index (χ4v) is 4.08. The fraction of sp³-hybridized carbons (Fsp3) is 0.182. The lowest BCUT2D eigenvalue weighted by molar-refractivity contribution is -0.131. The van der Waals surface area contributed by atoms with Crippen LogP contribution >= 0.6 is 11.8 Å². The quantitative estimate of drug-likeness (QED) is 0.456. The Morgan fingerprint density at radius 3 is 2.61 bits per heavy atom. The minimum atomic E-state index is -0.459. The lowest BCUT2D eigenvalue weighted by Crippen LogP contribution is -2.09. The average Bonchev–Trinajstić information content (AvgIpc) is 3.14. The van der Waals surface area contributed by atoms with Gasteiger partial charge >= 0.3 is 11.9 Å². The van der Waals surface area contributed by atoms with E-state index in [0.717, 1.165) is 27.2 Å². The molecule has 0 atom stereocenters. The number of thioether (sulfide) groups is 1. The summed E-state index contributed by atoms with van der Waals surface area (Å²) in [7, 11) is 0. The summed E-state index contributed by atoms with van der Waals surface area (Å²) >= 11 is 1.58. The Morgan fingerprint density at radius 2 is 1.89 bits per heavy atom. The van der Waals surface area contributed by atoms with Crippen molar-refractivity contribution in [1.29, 1.82) is 0 Å². The maximum Gasteiger partial charge on any atom is 0.338 e. The van der Waals surface area contributed by atoms with Gasteiger partial charge in [0, 0.05) is 17.9 Å². The minimum absolute atomic E-state index is 0.252. The highest BCUT2D eigenvalue weighted by atomic mass is 32.2. The Morgan fingerprint density at radius 1 is 1.11 bits per heavy atom. The predicted molar refractivity (Wildman–Crippen MR) is 108 cm³/mol. The van der Waals surface area contributed by atoms with E-state index in [1.165, 1.54) is 6.92 Å². The van der Waals surface area contributed by atoms with Crippen molar-refractivity contribution in [2.45, 2.75) is 18.7 Å². The van der Waals surface area contributed by atoms with Crippen molar-refractivity contribution in [2.75, 3.05) is 12.5 Å². The van der Waals surface area contributed by atoms with Crippen LogP contribution in [-0.4, -0.2) is 24.5 Å². The molecule has 0 bridgehead atoms. The molecule has 0 aliphatic carbocycles. The van der Waals surface area contributed by atoms with Gasteiger partial charge in [-0.05, 0) is 36.1 Å².